The molecule has 0 spiro atoms. The molecule has 0 saturated carbocycles. The van der Waals surface area contributed by atoms with E-state index in [2.05, 4.69) is 34.0 Å². The van der Waals surface area contributed by atoms with Crippen LogP contribution in [0, 0.1) is 0 Å². The van der Waals surface area contributed by atoms with Crippen molar-refractivity contribution in [2.24, 2.45) is 4.99 Å². The number of aliphatic hydroxyl groups excluding tert-OH is 1. The topological polar surface area (TPSA) is 47.9 Å². The van der Waals surface area contributed by atoms with Crippen LogP contribution in [0.25, 0.3) is 10.1 Å². The Labute approximate surface area is 102 Å². The molecule has 0 unspecified atom stereocenters. The van der Waals surface area contributed by atoms with Gasteiger partial charge in [0.25, 0.3) is 0 Å². The maximum absolute atomic E-state index is 9.33. The summed E-state index contributed by atoms with van der Waals surface area (Å²) in [5, 5.41) is 14.4. The van der Waals surface area contributed by atoms with Gasteiger partial charge in [-0.3, -0.25) is 10.4 Å². The first-order valence-electron chi connectivity index (χ1n) is 5.24. The fourth-order valence-corrected chi connectivity index (χ4v) is 2.74. The zero-order valence-electron chi connectivity index (χ0n) is 9.00. The summed E-state index contributed by atoms with van der Waals surface area (Å²) >= 11 is 1.73. The van der Waals surface area contributed by atoms with Gasteiger partial charge in [0.1, 0.15) is 6.34 Å². The molecule has 17 heavy (non-hydrogen) atoms. The Morgan fingerprint density at radius 3 is 3.18 bits per heavy atom. The van der Waals surface area contributed by atoms with E-state index in [4.69, 9.17) is 0 Å². The van der Waals surface area contributed by atoms with Gasteiger partial charge < -0.3 is 5.11 Å². The van der Waals surface area contributed by atoms with E-state index in [9.17, 15) is 5.11 Å². The third-order valence-corrected chi connectivity index (χ3v) is 3.57. The second-order valence-electron chi connectivity index (χ2n) is 3.77. The van der Waals surface area contributed by atoms with Crippen LogP contribution in [0.1, 0.15) is 5.56 Å². The second kappa shape index (κ2) is 4.10. The number of hydrogen-bond acceptors (Lipinski definition) is 5. The number of aliphatic imine (C=N–C) groups is 1. The molecule has 2 N–H and O–H groups in total. The number of rotatable bonds is 2. The minimum Gasteiger partial charge on any atom is -0.493 e. The Morgan fingerprint density at radius 2 is 2.29 bits per heavy atom. The predicted molar refractivity (Wildman–Crippen MR) is 69.7 cm³/mol. The van der Waals surface area contributed by atoms with E-state index in [1.165, 1.54) is 21.8 Å². The van der Waals surface area contributed by atoms with Crippen molar-refractivity contribution in [3.05, 3.63) is 47.3 Å². The number of nitrogens with one attached hydrogen (secondary N) is 1. The van der Waals surface area contributed by atoms with Crippen molar-refractivity contribution in [3.63, 3.8) is 0 Å². The van der Waals surface area contributed by atoms with E-state index in [0.29, 0.717) is 6.54 Å². The summed E-state index contributed by atoms with van der Waals surface area (Å²) in [7, 11) is 0. The van der Waals surface area contributed by atoms with Crippen molar-refractivity contribution in [2.45, 2.75) is 6.54 Å². The Bertz CT molecular complexity index is 603. The number of nitrogens with zero attached hydrogens (tertiary/aromatic N) is 2. The van der Waals surface area contributed by atoms with Crippen LogP contribution in [0.4, 0.5) is 0 Å². The standard InChI is InChI=1S/C12H11N3OS/c16-11-6-13-8-15(14-11)7-10-3-1-2-9-4-5-17-12(9)10/h1-6,8,14,16H,7H2. The summed E-state index contributed by atoms with van der Waals surface area (Å²) in [6, 6.07) is 8.34. The van der Waals surface area contributed by atoms with Gasteiger partial charge >= 0.3 is 0 Å². The average Bonchev–Trinajstić information content (AvgIpc) is 2.78. The Hall–Kier alpha value is -2.01. The van der Waals surface area contributed by atoms with Crippen LogP contribution >= 0.6 is 11.3 Å². The van der Waals surface area contributed by atoms with Crippen LogP contribution in [0.2, 0.25) is 0 Å². The zero-order valence-corrected chi connectivity index (χ0v) is 9.81. The molecule has 1 aliphatic heterocycles. The van der Waals surface area contributed by atoms with Crippen LogP contribution in [0.5, 0.6) is 0 Å². The smallest absolute Gasteiger partial charge is 0.222 e. The van der Waals surface area contributed by atoms with Gasteiger partial charge in [-0.05, 0) is 22.4 Å². The predicted octanol–water partition coefficient (Wildman–Crippen LogP) is 2.61. The highest BCUT2D eigenvalue weighted by Gasteiger charge is 2.09. The van der Waals surface area contributed by atoms with Crippen LogP contribution in [0.15, 0.2) is 46.7 Å². The molecule has 0 amide bonds. The summed E-state index contributed by atoms with van der Waals surface area (Å²) in [5.74, 6) is 0.0610. The molecule has 0 saturated heterocycles. The molecule has 3 rings (SSSR count). The largest absolute Gasteiger partial charge is 0.493 e. The molecule has 2 heterocycles. The quantitative estimate of drug-likeness (QED) is 0.855. The van der Waals surface area contributed by atoms with Gasteiger partial charge in [-0.25, -0.2) is 4.99 Å². The fourth-order valence-electron chi connectivity index (χ4n) is 1.83. The van der Waals surface area contributed by atoms with Gasteiger partial charge in [-0.1, -0.05) is 18.2 Å². The van der Waals surface area contributed by atoms with Gasteiger partial charge in [0, 0.05) is 4.70 Å². The Kier molecular flexibility index (Phi) is 2.45. The molecule has 0 bridgehead atoms. The summed E-state index contributed by atoms with van der Waals surface area (Å²) in [6.45, 7) is 0.666. The summed E-state index contributed by atoms with van der Waals surface area (Å²) < 4.78 is 1.27. The van der Waals surface area contributed by atoms with Gasteiger partial charge in [0.15, 0.2) is 0 Å². The highest BCUT2D eigenvalue weighted by Crippen LogP contribution is 2.25. The maximum atomic E-state index is 9.33. The lowest BCUT2D eigenvalue weighted by Crippen LogP contribution is -2.37. The Morgan fingerprint density at radius 1 is 1.35 bits per heavy atom. The number of hydrazine groups is 1. The highest BCUT2D eigenvalue weighted by molar-refractivity contribution is 7.17. The molecule has 5 heteroatoms. The van der Waals surface area contributed by atoms with Crippen LogP contribution in [-0.4, -0.2) is 16.5 Å². The molecule has 2 aromatic rings. The third kappa shape index (κ3) is 1.97. The van der Waals surface area contributed by atoms with E-state index in [1.54, 1.807) is 22.7 Å². The molecule has 0 radical (unpaired) electrons. The number of hydrogen-bond donors (Lipinski definition) is 2. The lowest BCUT2D eigenvalue weighted by Gasteiger charge is -2.23. The average molecular weight is 245 g/mol. The molecule has 1 aromatic carbocycles. The molecule has 0 aliphatic carbocycles. The van der Waals surface area contributed by atoms with Crippen molar-refractivity contribution in [1.29, 1.82) is 0 Å². The molecule has 86 valence electrons. The van der Waals surface area contributed by atoms with Crippen LogP contribution in [-0.2, 0) is 6.54 Å². The number of thiophene rings is 1. The van der Waals surface area contributed by atoms with Gasteiger partial charge in [0.05, 0.1) is 12.7 Å². The van der Waals surface area contributed by atoms with E-state index in [1.807, 2.05) is 6.07 Å². The molecule has 1 aliphatic rings. The van der Waals surface area contributed by atoms with Gasteiger partial charge in [-0.2, -0.15) is 0 Å². The van der Waals surface area contributed by atoms with Crippen LogP contribution in [0.3, 0.4) is 0 Å². The fraction of sp³-hybridized carbons (Fsp3) is 0.0833. The first-order chi connectivity index (χ1) is 8.33. The second-order valence-corrected chi connectivity index (χ2v) is 4.69. The van der Waals surface area contributed by atoms with Crippen molar-refractivity contribution in [2.75, 3.05) is 0 Å². The minimum atomic E-state index is 0.0610. The number of fused-ring (bicyclic) bond motifs is 1. The molecule has 0 atom stereocenters. The summed E-state index contributed by atoms with van der Waals surface area (Å²) in [6.07, 6.45) is 3.04. The van der Waals surface area contributed by atoms with Crippen LogP contribution < -0.4 is 5.43 Å². The molecule has 0 fully saturated rings. The van der Waals surface area contributed by atoms with E-state index in [-0.39, 0.29) is 5.88 Å². The summed E-state index contributed by atoms with van der Waals surface area (Å²) in [4.78, 5) is 3.93. The van der Waals surface area contributed by atoms with Crippen molar-refractivity contribution >= 4 is 27.8 Å². The number of aliphatic hydroxyl groups is 1. The van der Waals surface area contributed by atoms with Gasteiger partial charge in [0.2, 0.25) is 5.88 Å². The first kappa shape index (κ1) is 10.2. The highest BCUT2D eigenvalue weighted by atomic mass is 32.1. The van der Waals surface area contributed by atoms with Gasteiger partial charge in [-0.15, -0.1) is 11.3 Å². The van der Waals surface area contributed by atoms with E-state index >= 15 is 0 Å². The normalized spacial score (nSPS) is 14.8. The van der Waals surface area contributed by atoms with Crippen molar-refractivity contribution < 1.29 is 5.11 Å². The minimum absolute atomic E-state index is 0.0610. The molecule has 4 nitrogen and oxygen atoms in total. The van der Waals surface area contributed by atoms with Crippen molar-refractivity contribution in [1.82, 2.24) is 10.4 Å². The molecule has 1 aromatic heterocycles. The van der Waals surface area contributed by atoms with Crippen molar-refractivity contribution in [3.8, 4) is 0 Å². The van der Waals surface area contributed by atoms with E-state index in [0.717, 1.165) is 0 Å². The molecular formula is C12H11N3OS. The van der Waals surface area contributed by atoms with E-state index < -0.39 is 0 Å². The maximum Gasteiger partial charge on any atom is 0.222 e. The number of benzene rings is 1. The lowest BCUT2D eigenvalue weighted by atomic mass is 10.1. The first-order valence-corrected chi connectivity index (χ1v) is 6.12. The monoisotopic (exact) mass is 245 g/mol. The third-order valence-electron chi connectivity index (χ3n) is 2.56. The Balaban J connectivity index is 1.88. The SMILES string of the molecule is OC1=CN=CN(Cc2cccc3ccsc23)N1. The molecular weight excluding hydrogens is 234 g/mol. The zero-order chi connectivity index (χ0) is 11.7. The lowest BCUT2D eigenvalue weighted by molar-refractivity contribution is 0.241. The summed E-state index contributed by atoms with van der Waals surface area (Å²) in [5.41, 5.74) is 4.04.